The van der Waals surface area contributed by atoms with Crippen LogP contribution in [0.5, 0.6) is 5.75 Å². The topological polar surface area (TPSA) is 161 Å². The van der Waals surface area contributed by atoms with Crippen LogP contribution in [0, 0.1) is 17.7 Å². The van der Waals surface area contributed by atoms with Gasteiger partial charge < -0.3 is 26.2 Å². The number of benzene rings is 2. The number of nitrogens with zero attached hydrogens (tertiary/aromatic N) is 1. The molecule has 0 unspecified atom stereocenters. The first kappa shape index (κ1) is 28.6. The zero-order valence-corrected chi connectivity index (χ0v) is 22.2. The van der Waals surface area contributed by atoms with Crippen LogP contribution in [0.3, 0.4) is 0 Å². The molecule has 1 amide bonds. The lowest BCUT2D eigenvalue weighted by Gasteiger charge is -2.50. The first-order valence-corrected chi connectivity index (χ1v) is 13.1. The van der Waals surface area contributed by atoms with E-state index >= 15 is 4.39 Å². The van der Waals surface area contributed by atoms with Gasteiger partial charge in [-0.3, -0.25) is 19.3 Å². The summed E-state index contributed by atoms with van der Waals surface area (Å²) in [5.41, 5.74) is 1.31. The minimum absolute atomic E-state index is 0.00376. The lowest BCUT2D eigenvalue weighted by atomic mass is 9.57. The molecule has 0 radical (unpaired) electrons. The Hall–Kier alpha value is -3.90. The van der Waals surface area contributed by atoms with Crippen LogP contribution in [-0.4, -0.2) is 75.0 Å². The third-order valence-electron chi connectivity index (χ3n) is 8.58. The summed E-state index contributed by atoms with van der Waals surface area (Å²) in [7, 11) is 2.97. The zero-order valence-electron chi connectivity index (χ0n) is 22.2. The van der Waals surface area contributed by atoms with E-state index in [1.54, 1.807) is 6.07 Å². The molecule has 0 aliphatic heterocycles. The van der Waals surface area contributed by atoms with Crippen molar-refractivity contribution in [3.63, 3.8) is 0 Å². The standard InChI is InChI=1S/C29H29F3N2O7/c1-34(2)22-16-10-12-9-15-19(23(35)14-8-11(4-3-5-17(30)31)6-7-13(14)21(15)32)24(36)18(12)26(38)29(16,41)27(39)20(25(22)37)28(33)40/h6-8,12,16-17,22,35-36,39,41H,3-5,9-10H2,1-2H3,(H2,33,40)/t12-,16-,22-,29-/m0/s1. The molecular formula is C29H29F3N2O7. The molecule has 2 aromatic rings. The summed E-state index contributed by atoms with van der Waals surface area (Å²) in [5.74, 6) is -8.91. The number of phenols is 1. The molecule has 9 nitrogen and oxygen atoms in total. The Morgan fingerprint density at radius 1 is 1.17 bits per heavy atom. The summed E-state index contributed by atoms with van der Waals surface area (Å²) >= 11 is 0. The number of hydrogen-bond donors (Lipinski definition) is 5. The average Bonchev–Trinajstić information content (AvgIpc) is 2.88. The van der Waals surface area contributed by atoms with Gasteiger partial charge in [-0.15, -0.1) is 0 Å². The Morgan fingerprint density at radius 2 is 1.85 bits per heavy atom. The number of ketones is 2. The monoisotopic (exact) mass is 574 g/mol. The predicted octanol–water partition coefficient (Wildman–Crippen LogP) is 2.84. The van der Waals surface area contributed by atoms with Crippen molar-refractivity contribution in [3.8, 4) is 5.75 Å². The number of aryl methyl sites for hydroxylation is 1. The number of hydrogen-bond acceptors (Lipinski definition) is 8. The van der Waals surface area contributed by atoms with Gasteiger partial charge in [-0.25, -0.2) is 13.2 Å². The Balaban J connectivity index is 1.68. The van der Waals surface area contributed by atoms with Crippen molar-refractivity contribution < 1.29 is 48.0 Å². The van der Waals surface area contributed by atoms with Crippen LogP contribution in [0.1, 0.15) is 36.0 Å². The second-order valence-corrected chi connectivity index (χ2v) is 11.1. The second-order valence-electron chi connectivity index (χ2n) is 11.1. The maximum atomic E-state index is 15.9. The van der Waals surface area contributed by atoms with Gasteiger partial charge in [0, 0.05) is 34.2 Å². The molecule has 2 aromatic carbocycles. The molecular weight excluding hydrogens is 545 g/mol. The molecule has 1 fully saturated rings. The van der Waals surface area contributed by atoms with E-state index < -0.39 is 76.0 Å². The number of Topliss-reactive ketones (excluding diaryl/α,β-unsaturated/α-hetero) is 2. The minimum Gasteiger partial charge on any atom is -0.508 e. The maximum Gasteiger partial charge on any atom is 0.255 e. The van der Waals surface area contributed by atoms with Crippen molar-refractivity contribution in [2.75, 3.05) is 14.1 Å². The van der Waals surface area contributed by atoms with Crippen molar-refractivity contribution in [1.29, 1.82) is 0 Å². The van der Waals surface area contributed by atoms with Gasteiger partial charge in [0.2, 0.25) is 12.2 Å². The number of amides is 1. The quantitative estimate of drug-likeness (QED) is 0.329. The molecule has 5 rings (SSSR count). The second kappa shape index (κ2) is 9.88. The molecule has 218 valence electrons. The van der Waals surface area contributed by atoms with Crippen LogP contribution < -0.4 is 5.73 Å². The Bertz CT molecular complexity index is 1580. The van der Waals surface area contributed by atoms with Gasteiger partial charge in [0.15, 0.2) is 11.4 Å². The van der Waals surface area contributed by atoms with E-state index in [1.165, 1.54) is 31.1 Å². The highest BCUT2D eigenvalue weighted by Gasteiger charge is 2.64. The van der Waals surface area contributed by atoms with Crippen LogP contribution in [0.4, 0.5) is 13.2 Å². The highest BCUT2D eigenvalue weighted by Crippen LogP contribution is 2.53. The summed E-state index contributed by atoms with van der Waals surface area (Å²) in [6.45, 7) is 0. The molecule has 3 aliphatic carbocycles. The van der Waals surface area contributed by atoms with E-state index in [-0.39, 0.29) is 59.6 Å². The molecule has 0 bridgehead atoms. The van der Waals surface area contributed by atoms with Crippen molar-refractivity contribution in [2.24, 2.45) is 17.6 Å². The summed E-state index contributed by atoms with van der Waals surface area (Å²) in [4.78, 5) is 40.5. The van der Waals surface area contributed by atoms with Gasteiger partial charge in [-0.1, -0.05) is 12.1 Å². The van der Waals surface area contributed by atoms with Gasteiger partial charge in [0.25, 0.3) is 5.91 Å². The number of aromatic hydroxyl groups is 1. The molecule has 6 N–H and O–H groups in total. The van der Waals surface area contributed by atoms with Crippen LogP contribution >= 0.6 is 0 Å². The molecule has 0 heterocycles. The number of halogens is 3. The van der Waals surface area contributed by atoms with Crippen molar-refractivity contribution in [2.45, 2.75) is 50.2 Å². The fraction of sp³-hybridized carbons (Fsp3) is 0.414. The number of fused-ring (bicyclic) bond motifs is 4. The molecule has 0 spiro atoms. The molecule has 0 aromatic heterocycles. The fourth-order valence-corrected chi connectivity index (χ4v) is 6.72. The fourth-order valence-electron chi connectivity index (χ4n) is 6.72. The summed E-state index contributed by atoms with van der Waals surface area (Å²) in [6, 6.07) is 3.17. The van der Waals surface area contributed by atoms with E-state index in [0.29, 0.717) is 5.56 Å². The van der Waals surface area contributed by atoms with Gasteiger partial charge in [0.05, 0.1) is 11.6 Å². The average molecular weight is 575 g/mol. The van der Waals surface area contributed by atoms with Crippen LogP contribution in [-0.2, 0) is 27.2 Å². The molecule has 12 heteroatoms. The first-order valence-electron chi connectivity index (χ1n) is 13.1. The minimum atomic E-state index is -2.80. The number of rotatable bonds is 6. The number of aliphatic hydroxyl groups is 3. The highest BCUT2D eigenvalue weighted by molar-refractivity contribution is 6.24. The normalized spacial score (nSPS) is 26.1. The maximum absolute atomic E-state index is 15.9. The zero-order chi connectivity index (χ0) is 30.1. The Labute approximate surface area is 232 Å². The number of aliphatic hydroxyl groups excluding tert-OH is 2. The van der Waals surface area contributed by atoms with E-state index in [1.807, 2.05) is 0 Å². The largest absolute Gasteiger partial charge is 0.508 e. The summed E-state index contributed by atoms with van der Waals surface area (Å²) in [5, 5.41) is 45.1. The van der Waals surface area contributed by atoms with Crippen LogP contribution in [0.2, 0.25) is 0 Å². The molecule has 0 saturated heterocycles. The van der Waals surface area contributed by atoms with Crippen LogP contribution in [0.15, 0.2) is 35.1 Å². The number of carbonyl (C=O) groups excluding carboxylic acids is 3. The van der Waals surface area contributed by atoms with Crippen molar-refractivity contribution in [3.05, 3.63) is 57.6 Å². The Kier molecular flexibility index (Phi) is 6.90. The van der Waals surface area contributed by atoms with E-state index in [2.05, 4.69) is 0 Å². The van der Waals surface area contributed by atoms with E-state index in [4.69, 9.17) is 5.73 Å². The third kappa shape index (κ3) is 4.11. The molecule has 3 aliphatic rings. The van der Waals surface area contributed by atoms with Gasteiger partial charge in [-0.2, -0.15) is 0 Å². The smallest absolute Gasteiger partial charge is 0.255 e. The van der Waals surface area contributed by atoms with E-state index in [9.17, 15) is 43.6 Å². The molecule has 41 heavy (non-hydrogen) atoms. The number of alkyl halides is 2. The highest BCUT2D eigenvalue weighted by atomic mass is 19.3. The van der Waals surface area contributed by atoms with Crippen molar-refractivity contribution in [1.82, 2.24) is 4.90 Å². The third-order valence-corrected chi connectivity index (χ3v) is 8.58. The number of nitrogens with two attached hydrogens (primary N) is 1. The summed E-state index contributed by atoms with van der Waals surface area (Å²) in [6.07, 6.45) is -2.76. The van der Waals surface area contributed by atoms with E-state index in [0.717, 1.165) is 0 Å². The van der Waals surface area contributed by atoms with Gasteiger partial charge in [-0.05, 0) is 57.3 Å². The summed E-state index contributed by atoms with van der Waals surface area (Å²) < 4.78 is 41.0. The van der Waals surface area contributed by atoms with Gasteiger partial charge in [0.1, 0.15) is 28.7 Å². The Morgan fingerprint density at radius 3 is 2.46 bits per heavy atom. The number of likely N-dealkylation sites (N-methyl/N-ethyl adjacent to an activating group) is 1. The number of carbonyl (C=O) groups is 3. The first-order chi connectivity index (χ1) is 19.2. The predicted molar refractivity (Wildman–Crippen MR) is 141 cm³/mol. The lowest BCUT2D eigenvalue weighted by molar-refractivity contribution is -0.153. The SMILES string of the molecule is CN(C)[C@@H]1C(=O)C(C(N)=O)=C(O)[C@@]2(O)C(=O)C3=C(O)c4c(c(F)c5ccc(CCCC(F)F)cc5c4O)C[C@H]3C[C@@H]12. The molecule has 4 atom stereocenters. The van der Waals surface area contributed by atoms with Crippen LogP contribution in [0.25, 0.3) is 16.5 Å². The lowest BCUT2D eigenvalue weighted by Crippen LogP contribution is -2.65. The van der Waals surface area contributed by atoms with Crippen molar-refractivity contribution >= 4 is 34.0 Å². The number of primary amides is 1. The number of phenolic OH excluding ortho intramolecular Hbond substituents is 1. The van der Waals surface area contributed by atoms with Gasteiger partial charge >= 0.3 is 0 Å². The molecule has 1 saturated carbocycles.